The second-order valence-corrected chi connectivity index (χ2v) is 4.43. The fourth-order valence-corrected chi connectivity index (χ4v) is 1.94. The van der Waals surface area contributed by atoms with Crippen LogP contribution in [-0.4, -0.2) is 9.78 Å². The normalized spacial score (nSPS) is 12.7. The summed E-state index contributed by atoms with van der Waals surface area (Å²) in [6.07, 6.45) is 0. The summed E-state index contributed by atoms with van der Waals surface area (Å²) in [7, 11) is 0. The lowest BCUT2D eigenvalue weighted by Crippen LogP contribution is -2.13. The number of nitrogens with two attached hydrogens (primary N) is 1. The summed E-state index contributed by atoms with van der Waals surface area (Å²) in [5.41, 5.74) is 6.52. The second-order valence-electron chi connectivity index (χ2n) is 4.05. The number of nitrogens with zero attached hydrogens (tertiary/aromatic N) is 2. The van der Waals surface area contributed by atoms with Crippen molar-refractivity contribution < 1.29 is 8.78 Å². The van der Waals surface area contributed by atoms with Gasteiger partial charge in [0, 0.05) is 5.56 Å². The molecule has 1 unspecified atom stereocenters. The number of benzene rings is 1. The molecule has 1 heterocycles. The van der Waals surface area contributed by atoms with E-state index in [2.05, 4.69) is 5.10 Å². The van der Waals surface area contributed by atoms with Crippen molar-refractivity contribution in [3.05, 3.63) is 46.1 Å². The molecular formula is C12H12ClF2N3. The zero-order valence-electron chi connectivity index (χ0n) is 9.92. The minimum atomic E-state index is -0.895. The summed E-state index contributed by atoms with van der Waals surface area (Å²) >= 11 is 5.92. The minimum absolute atomic E-state index is 0.181. The molecule has 0 radical (unpaired) electrons. The van der Waals surface area contributed by atoms with E-state index in [0.717, 1.165) is 6.07 Å². The van der Waals surface area contributed by atoms with Gasteiger partial charge in [-0.05, 0) is 19.9 Å². The maximum absolute atomic E-state index is 13.7. The maximum Gasteiger partial charge on any atom is 0.164 e. The first-order valence-electron chi connectivity index (χ1n) is 5.37. The standard InChI is InChI=1S/C12H12ClF2N3/c1-6-10(13)12(16)18(17-6)7(2)8-4-3-5-9(14)11(8)15/h3-5,7H,16H2,1-2H3. The molecule has 0 fully saturated rings. The van der Waals surface area contributed by atoms with Crippen LogP contribution in [0.25, 0.3) is 0 Å². The van der Waals surface area contributed by atoms with E-state index >= 15 is 0 Å². The van der Waals surface area contributed by atoms with Gasteiger partial charge < -0.3 is 5.73 Å². The number of halogens is 3. The Bertz CT molecular complexity index is 595. The van der Waals surface area contributed by atoms with E-state index in [1.54, 1.807) is 13.8 Å². The number of hydrogen-bond acceptors (Lipinski definition) is 2. The molecule has 1 aromatic carbocycles. The second kappa shape index (κ2) is 4.57. The zero-order chi connectivity index (χ0) is 13.4. The first-order chi connectivity index (χ1) is 8.43. The molecule has 2 rings (SSSR count). The molecule has 2 aromatic rings. The van der Waals surface area contributed by atoms with Crippen LogP contribution in [0.2, 0.25) is 5.02 Å². The van der Waals surface area contributed by atoms with Crippen LogP contribution in [0.15, 0.2) is 18.2 Å². The average Bonchev–Trinajstić information content (AvgIpc) is 2.60. The van der Waals surface area contributed by atoms with Crippen LogP contribution in [0.5, 0.6) is 0 Å². The Morgan fingerprint density at radius 3 is 2.61 bits per heavy atom. The molecule has 0 saturated carbocycles. The maximum atomic E-state index is 13.7. The predicted octanol–water partition coefficient (Wildman–Crippen LogP) is 3.31. The number of nitrogen functional groups attached to an aromatic ring is 1. The van der Waals surface area contributed by atoms with Gasteiger partial charge in [-0.2, -0.15) is 5.10 Å². The molecule has 1 aromatic heterocycles. The number of anilines is 1. The Morgan fingerprint density at radius 2 is 2.06 bits per heavy atom. The predicted molar refractivity (Wildman–Crippen MR) is 66.6 cm³/mol. The smallest absolute Gasteiger partial charge is 0.164 e. The van der Waals surface area contributed by atoms with E-state index in [0.29, 0.717) is 10.7 Å². The summed E-state index contributed by atoms with van der Waals surface area (Å²) in [6.45, 7) is 3.38. The molecule has 0 aliphatic heterocycles. The molecule has 2 N–H and O–H groups in total. The van der Waals surface area contributed by atoms with E-state index < -0.39 is 17.7 Å². The van der Waals surface area contributed by atoms with Crippen LogP contribution in [0.4, 0.5) is 14.6 Å². The summed E-state index contributed by atoms with van der Waals surface area (Å²) in [5.74, 6) is -1.55. The average molecular weight is 272 g/mol. The van der Waals surface area contributed by atoms with E-state index in [1.807, 2.05) is 0 Å². The van der Waals surface area contributed by atoms with Crippen molar-refractivity contribution in [2.45, 2.75) is 19.9 Å². The van der Waals surface area contributed by atoms with Gasteiger partial charge in [-0.25, -0.2) is 13.5 Å². The molecule has 6 heteroatoms. The van der Waals surface area contributed by atoms with Crippen LogP contribution in [0.3, 0.4) is 0 Å². The van der Waals surface area contributed by atoms with Gasteiger partial charge in [0.1, 0.15) is 10.8 Å². The van der Waals surface area contributed by atoms with Crippen molar-refractivity contribution in [1.82, 2.24) is 9.78 Å². The van der Waals surface area contributed by atoms with Gasteiger partial charge >= 0.3 is 0 Å². The fraction of sp³-hybridized carbons (Fsp3) is 0.250. The van der Waals surface area contributed by atoms with Crippen molar-refractivity contribution in [2.75, 3.05) is 5.73 Å². The lowest BCUT2D eigenvalue weighted by Gasteiger charge is -2.15. The molecular weight excluding hydrogens is 260 g/mol. The number of aryl methyl sites for hydroxylation is 1. The van der Waals surface area contributed by atoms with Crippen molar-refractivity contribution in [3.63, 3.8) is 0 Å². The van der Waals surface area contributed by atoms with Crippen molar-refractivity contribution in [2.24, 2.45) is 0 Å². The fourth-order valence-electron chi connectivity index (χ4n) is 1.82. The van der Waals surface area contributed by atoms with E-state index in [4.69, 9.17) is 17.3 Å². The first-order valence-corrected chi connectivity index (χ1v) is 5.75. The van der Waals surface area contributed by atoms with Crippen LogP contribution in [-0.2, 0) is 0 Å². The Labute approximate surface area is 108 Å². The Morgan fingerprint density at radius 1 is 1.39 bits per heavy atom. The van der Waals surface area contributed by atoms with Gasteiger partial charge in [0.2, 0.25) is 0 Å². The van der Waals surface area contributed by atoms with Gasteiger partial charge in [-0.3, -0.25) is 0 Å². The summed E-state index contributed by atoms with van der Waals surface area (Å²) in [4.78, 5) is 0. The quantitative estimate of drug-likeness (QED) is 0.911. The third-order valence-corrected chi connectivity index (χ3v) is 3.31. The van der Waals surface area contributed by atoms with Crippen molar-refractivity contribution in [1.29, 1.82) is 0 Å². The van der Waals surface area contributed by atoms with Crippen LogP contribution in [0.1, 0.15) is 24.2 Å². The Kier molecular flexibility index (Phi) is 3.26. The molecule has 0 bridgehead atoms. The topological polar surface area (TPSA) is 43.8 Å². The lowest BCUT2D eigenvalue weighted by molar-refractivity contribution is 0.471. The van der Waals surface area contributed by atoms with E-state index in [9.17, 15) is 8.78 Å². The molecule has 0 saturated heterocycles. The summed E-state index contributed by atoms with van der Waals surface area (Å²) in [5, 5.41) is 4.46. The highest BCUT2D eigenvalue weighted by Gasteiger charge is 2.20. The van der Waals surface area contributed by atoms with Gasteiger partial charge in [0.25, 0.3) is 0 Å². The lowest BCUT2D eigenvalue weighted by atomic mass is 10.1. The highest BCUT2D eigenvalue weighted by atomic mass is 35.5. The molecule has 18 heavy (non-hydrogen) atoms. The molecule has 0 aliphatic carbocycles. The number of rotatable bonds is 2. The highest BCUT2D eigenvalue weighted by molar-refractivity contribution is 6.33. The molecule has 0 spiro atoms. The number of aromatic nitrogens is 2. The zero-order valence-corrected chi connectivity index (χ0v) is 10.7. The van der Waals surface area contributed by atoms with Gasteiger partial charge in [0.05, 0.1) is 11.7 Å². The van der Waals surface area contributed by atoms with Crippen molar-refractivity contribution >= 4 is 17.4 Å². The van der Waals surface area contributed by atoms with E-state index in [1.165, 1.54) is 16.8 Å². The van der Waals surface area contributed by atoms with Gasteiger partial charge in [-0.15, -0.1) is 0 Å². The first kappa shape index (κ1) is 12.8. The number of hydrogen-bond donors (Lipinski definition) is 1. The third kappa shape index (κ3) is 1.95. The minimum Gasteiger partial charge on any atom is -0.383 e. The van der Waals surface area contributed by atoms with Crippen LogP contribution < -0.4 is 5.73 Å². The Balaban J connectivity index is 2.51. The molecule has 96 valence electrons. The Hall–Kier alpha value is -1.62. The third-order valence-electron chi connectivity index (χ3n) is 2.85. The van der Waals surface area contributed by atoms with Gasteiger partial charge in [-0.1, -0.05) is 23.7 Å². The molecule has 3 nitrogen and oxygen atoms in total. The summed E-state index contributed by atoms with van der Waals surface area (Å²) in [6, 6.07) is 3.47. The van der Waals surface area contributed by atoms with Crippen LogP contribution >= 0.6 is 11.6 Å². The largest absolute Gasteiger partial charge is 0.383 e. The monoisotopic (exact) mass is 271 g/mol. The SMILES string of the molecule is Cc1nn(C(C)c2cccc(F)c2F)c(N)c1Cl. The summed E-state index contributed by atoms with van der Waals surface area (Å²) < 4.78 is 28.2. The molecule has 1 atom stereocenters. The van der Waals surface area contributed by atoms with Crippen LogP contribution in [0, 0.1) is 18.6 Å². The van der Waals surface area contributed by atoms with E-state index in [-0.39, 0.29) is 11.4 Å². The molecule has 0 aliphatic rings. The van der Waals surface area contributed by atoms with Gasteiger partial charge in [0.15, 0.2) is 11.6 Å². The molecule has 0 amide bonds. The highest BCUT2D eigenvalue weighted by Crippen LogP contribution is 2.29. The van der Waals surface area contributed by atoms with Crippen molar-refractivity contribution in [3.8, 4) is 0 Å².